The molecule has 0 aliphatic carbocycles. The lowest BCUT2D eigenvalue weighted by atomic mass is 10.6. The van der Waals surface area contributed by atoms with E-state index < -0.39 is 0 Å². The monoisotopic (exact) mass is 142 g/mol. The van der Waals surface area contributed by atoms with Crippen LogP contribution in [0.2, 0.25) is 0 Å². The van der Waals surface area contributed by atoms with Gasteiger partial charge in [0, 0.05) is 0 Å². The first-order valence-electron chi connectivity index (χ1n) is 2.41. The van der Waals surface area contributed by atoms with Crippen molar-refractivity contribution in [2.45, 2.75) is 0 Å². The third kappa shape index (κ3) is 1.26. The number of hydrogen-bond donors (Lipinski definition) is 1. The Morgan fingerprint density at radius 2 is 2.56 bits per heavy atom. The van der Waals surface area contributed by atoms with Crippen molar-refractivity contribution in [1.29, 1.82) is 0 Å². The molecule has 3 nitrogen and oxygen atoms in total. The lowest BCUT2D eigenvalue weighted by molar-refractivity contribution is 0.409. The SMILES string of the molecule is COc1cnc[nH]c1=S. The minimum atomic E-state index is 0.576. The summed E-state index contributed by atoms with van der Waals surface area (Å²) in [6.07, 6.45) is 3.09. The second-order valence-corrected chi connectivity index (χ2v) is 1.86. The molecule has 0 fully saturated rings. The molecule has 0 aromatic carbocycles. The summed E-state index contributed by atoms with van der Waals surface area (Å²) in [4.78, 5) is 6.50. The number of H-pyrrole nitrogens is 1. The van der Waals surface area contributed by atoms with Crippen molar-refractivity contribution in [2.24, 2.45) is 0 Å². The van der Waals surface area contributed by atoms with Crippen molar-refractivity contribution in [3.8, 4) is 5.75 Å². The largest absolute Gasteiger partial charge is 0.492 e. The topological polar surface area (TPSA) is 37.9 Å². The van der Waals surface area contributed by atoms with Gasteiger partial charge < -0.3 is 9.72 Å². The first kappa shape index (κ1) is 6.22. The van der Waals surface area contributed by atoms with E-state index in [-0.39, 0.29) is 0 Å². The normalized spacial score (nSPS) is 9.00. The fourth-order valence-corrected chi connectivity index (χ4v) is 0.665. The van der Waals surface area contributed by atoms with Crippen LogP contribution in [-0.2, 0) is 0 Å². The van der Waals surface area contributed by atoms with Gasteiger partial charge in [-0.15, -0.1) is 0 Å². The van der Waals surface area contributed by atoms with Crippen molar-refractivity contribution in [3.05, 3.63) is 17.2 Å². The predicted octanol–water partition coefficient (Wildman–Crippen LogP) is 1.15. The molecule has 0 unspecified atom stereocenters. The summed E-state index contributed by atoms with van der Waals surface area (Å²) in [5.74, 6) is 0.604. The molecule has 0 atom stereocenters. The maximum atomic E-state index is 4.85. The van der Waals surface area contributed by atoms with Crippen LogP contribution in [0.15, 0.2) is 12.5 Å². The van der Waals surface area contributed by atoms with Gasteiger partial charge in [-0.1, -0.05) is 12.2 Å². The van der Waals surface area contributed by atoms with Crippen LogP contribution in [0, 0.1) is 4.64 Å². The van der Waals surface area contributed by atoms with E-state index in [1.54, 1.807) is 13.3 Å². The van der Waals surface area contributed by atoms with E-state index in [0.29, 0.717) is 10.4 Å². The Morgan fingerprint density at radius 1 is 1.78 bits per heavy atom. The number of aromatic amines is 1. The van der Waals surface area contributed by atoms with Gasteiger partial charge in [0.15, 0.2) is 5.75 Å². The first-order chi connectivity index (χ1) is 4.34. The fourth-order valence-electron chi connectivity index (χ4n) is 0.476. The number of rotatable bonds is 1. The lowest BCUT2D eigenvalue weighted by Crippen LogP contribution is -1.86. The van der Waals surface area contributed by atoms with Gasteiger partial charge >= 0.3 is 0 Å². The number of aromatic nitrogens is 2. The lowest BCUT2D eigenvalue weighted by Gasteiger charge is -1.94. The molecule has 1 N–H and O–H groups in total. The molecule has 0 aliphatic rings. The standard InChI is InChI=1S/C5H6N2OS/c1-8-4-2-6-3-7-5(4)9/h2-3H,1H3,(H,6,7,9). The van der Waals surface area contributed by atoms with Crippen LogP contribution in [0.4, 0.5) is 0 Å². The summed E-state index contributed by atoms with van der Waals surface area (Å²) in [5, 5.41) is 0. The van der Waals surface area contributed by atoms with Crippen LogP contribution in [-0.4, -0.2) is 17.1 Å². The number of nitrogens with one attached hydrogen (secondary N) is 1. The zero-order valence-corrected chi connectivity index (χ0v) is 5.73. The number of nitrogens with zero attached hydrogens (tertiary/aromatic N) is 1. The Labute approximate surface area is 57.7 Å². The van der Waals surface area contributed by atoms with Crippen molar-refractivity contribution in [3.63, 3.8) is 0 Å². The molecule has 0 radical (unpaired) electrons. The molecule has 0 bridgehead atoms. The Bertz CT molecular complexity index is 245. The van der Waals surface area contributed by atoms with Crippen LogP contribution in [0.25, 0.3) is 0 Å². The molecule has 0 aliphatic heterocycles. The third-order valence-corrected chi connectivity index (χ3v) is 1.22. The zero-order valence-electron chi connectivity index (χ0n) is 4.92. The van der Waals surface area contributed by atoms with Crippen LogP contribution in [0.3, 0.4) is 0 Å². The van der Waals surface area contributed by atoms with Gasteiger partial charge in [-0.3, -0.25) is 0 Å². The predicted molar refractivity (Wildman–Crippen MR) is 36.0 cm³/mol. The number of methoxy groups -OCH3 is 1. The van der Waals surface area contributed by atoms with E-state index in [1.165, 1.54) is 6.33 Å². The molecule has 4 heteroatoms. The van der Waals surface area contributed by atoms with E-state index in [9.17, 15) is 0 Å². The molecular formula is C5H6N2OS. The second-order valence-electron chi connectivity index (χ2n) is 1.45. The van der Waals surface area contributed by atoms with Crippen LogP contribution < -0.4 is 4.74 Å². The molecule has 1 rings (SSSR count). The van der Waals surface area contributed by atoms with Gasteiger partial charge in [0.2, 0.25) is 0 Å². The smallest absolute Gasteiger partial charge is 0.171 e. The summed E-state index contributed by atoms with van der Waals surface area (Å²) in [5.41, 5.74) is 0. The van der Waals surface area contributed by atoms with E-state index in [1.807, 2.05) is 0 Å². The van der Waals surface area contributed by atoms with E-state index in [4.69, 9.17) is 17.0 Å². The van der Waals surface area contributed by atoms with Crippen LogP contribution in [0.1, 0.15) is 0 Å². The van der Waals surface area contributed by atoms with Crippen molar-refractivity contribution >= 4 is 12.2 Å². The molecule has 1 aromatic heterocycles. The summed E-state index contributed by atoms with van der Waals surface area (Å²) in [6.45, 7) is 0. The highest BCUT2D eigenvalue weighted by Crippen LogP contribution is 2.05. The van der Waals surface area contributed by atoms with Gasteiger partial charge in [0.05, 0.1) is 19.6 Å². The van der Waals surface area contributed by atoms with Crippen LogP contribution >= 0.6 is 12.2 Å². The molecule has 0 saturated carbocycles. The maximum Gasteiger partial charge on any atom is 0.171 e. The number of hydrogen-bond acceptors (Lipinski definition) is 3. The minimum Gasteiger partial charge on any atom is -0.492 e. The molecule has 0 saturated heterocycles. The highest BCUT2D eigenvalue weighted by atomic mass is 32.1. The summed E-state index contributed by atoms with van der Waals surface area (Å²) < 4.78 is 5.42. The summed E-state index contributed by atoms with van der Waals surface area (Å²) in [7, 11) is 1.56. The summed E-state index contributed by atoms with van der Waals surface area (Å²) in [6, 6.07) is 0. The molecule has 48 valence electrons. The Hall–Kier alpha value is -0.900. The molecule has 1 heterocycles. The zero-order chi connectivity index (χ0) is 6.69. The van der Waals surface area contributed by atoms with Crippen molar-refractivity contribution in [2.75, 3.05) is 7.11 Å². The third-order valence-electron chi connectivity index (χ3n) is 0.906. The van der Waals surface area contributed by atoms with E-state index in [0.717, 1.165) is 0 Å². The minimum absolute atomic E-state index is 0.576. The van der Waals surface area contributed by atoms with E-state index >= 15 is 0 Å². The van der Waals surface area contributed by atoms with Gasteiger partial charge in [-0.25, -0.2) is 4.98 Å². The Kier molecular flexibility index (Phi) is 1.79. The highest BCUT2D eigenvalue weighted by molar-refractivity contribution is 7.71. The summed E-state index contributed by atoms with van der Waals surface area (Å²) >= 11 is 4.83. The fraction of sp³-hybridized carbons (Fsp3) is 0.200. The Balaban J connectivity index is 3.16. The van der Waals surface area contributed by atoms with Gasteiger partial charge in [0.1, 0.15) is 4.64 Å². The van der Waals surface area contributed by atoms with Crippen molar-refractivity contribution < 1.29 is 4.74 Å². The van der Waals surface area contributed by atoms with Gasteiger partial charge in [-0.2, -0.15) is 0 Å². The molecule has 1 aromatic rings. The highest BCUT2D eigenvalue weighted by Gasteiger charge is 1.88. The number of ether oxygens (including phenoxy) is 1. The maximum absolute atomic E-state index is 4.85. The molecule has 0 amide bonds. The molecule has 0 spiro atoms. The van der Waals surface area contributed by atoms with Crippen molar-refractivity contribution in [1.82, 2.24) is 9.97 Å². The average molecular weight is 142 g/mol. The average Bonchev–Trinajstić information content (AvgIpc) is 1.89. The molecule has 9 heavy (non-hydrogen) atoms. The van der Waals surface area contributed by atoms with E-state index in [2.05, 4.69) is 9.97 Å². The first-order valence-corrected chi connectivity index (χ1v) is 2.82. The van der Waals surface area contributed by atoms with Crippen LogP contribution in [0.5, 0.6) is 5.75 Å². The molecular weight excluding hydrogens is 136 g/mol. The Morgan fingerprint density at radius 3 is 3.00 bits per heavy atom. The van der Waals surface area contributed by atoms with Gasteiger partial charge in [0.25, 0.3) is 0 Å². The second kappa shape index (κ2) is 2.59. The van der Waals surface area contributed by atoms with Gasteiger partial charge in [-0.05, 0) is 0 Å². The quantitative estimate of drug-likeness (QED) is 0.598.